The van der Waals surface area contributed by atoms with E-state index < -0.39 is 0 Å². The van der Waals surface area contributed by atoms with E-state index in [9.17, 15) is 9.59 Å². The molecule has 0 radical (unpaired) electrons. The summed E-state index contributed by atoms with van der Waals surface area (Å²) in [5, 5.41) is 6.50. The van der Waals surface area contributed by atoms with Crippen molar-refractivity contribution in [2.45, 2.75) is 19.3 Å². The number of anilines is 1. The highest BCUT2D eigenvalue weighted by molar-refractivity contribution is 5.94. The molecule has 114 valence electrons. The van der Waals surface area contributed by atoms with Gasteiger partial charge in [-0.15, -0.1) is 0 Å². The average Bonchev–Trinajstić information content (AvgIpc) is 2.99. The van der Waals surface area contributed by atoms with Crippen LogP contribution >= 0.6 is 0 Å². The van der Waals surface area contributed by atoms with Crippen LogP contribution in [0.1, 0.15) is 19.3 Å². The summed E-state index contributed by atoms with van der Waals surface area (Å²) in [7, 11) is 0. The number of aromatic nitrogens is 1. The van der Waals surface area contributed by atoms with Crippen LogP contribution < -0.4 is 5.32 Å². The van der Waals surface area contributed by atoms with E-state index in [1.807, 2.05) is 30.3 Å². The zero-order valence-corrected chi connectivity index (χ0v) is 12.1. The largest absolute Gasteiger partial charge is 0.354 e. The third kappa shape index (κ3) is 3.33. The van der Waals surface area contributed by atoms with Crippen molar-refractivity contribution in [3.8, 4) is 11.3 Å². The van der Waals surface area contributed by atoms with Crippen LogP contribution in [0.25, 0.3) is 11.3 Å². The van der Waals surface area contributed by atoms with Crippen LogP contribution in [-0.4, -0.2) is 35.0 Å². The molecule has 2 amide bonds. The minimum absolute atomic E-state index is 0.0338. The molecule has 3 rings (SSSR count). The number of nitrogens with one attached hydrogen (secondary N) is 1. The Bertz CT molecular complexity index is 666. The van der Waals surface area contributed by atoms with E-state index in [1.165, 1.54) is 0 Å². The molecule has 1 N–H and O–H groups in total. The van der Waals surface area contributed by atoms with Crippen molar-refractivity contribution in [2.75, 3.05) is 18.4 Å². The molecule has 1 aliphatic heterocycles. The van der Waals surface area contributed by atoms with Gasteiger partial charge in [-0.1, -0.05) is 35.5 Å². The van der Waals surface area contributed by atoms with Gasteiger partial charge in [0.2, 0.25) is 11.8 Å². The number of amides is 2. The first kappa shape index (κ1) is 14.3. The van der Waals surface area contributed by atoms with Crippen LogP contribution in [-0.2, 0) is 9.59 Å². The van der Waals surface area contributed by atoms with Gasteiger partial charge in [-0.05, 0) is 12.8 Å². The fraction of sp³-hybridized carbons (Fsp3) is 0.312. The Balaban J connectivity index is 1.60. The summed E-state index contributed by atoms with van der Waals surface area (Å²) < 4.78 is 5.22. The molecule has 2 aromatic rings. The van der Waals surface area contributed by atoms with Crippen LogP contribution in [0.5, 0.6) is 0 Å². The molecule has 0 atom stereocenters. The van der Waals surface area contributed by atoms with Gasteiger partial charge in [-0.2, -0.15) is 0 Å². The van der Waals surface area contributed by atoms with Crippen molar-refractivity contribution in [1.82, 2.24) is 10.1 Å². The van der Waals surface area contributed by atoms with Crippen molar-refractivity contribution < 1.29 is 14.1 Å². The second kappa shape index (κ2) is 6.43. The number of rotatable bonds is 4. The number of carbonyl (C=O) groups excluding carboxylic acids is 2. The zero-order chi connectivity index (χ0) is 15.4. The molecule has 1 aliphatic rings. The summed E-state index contributed by atoms with van der Waals surface area (Å²) in [5.74, 6) is 0.716. The molecule has 0 bridgehead atoms. The van der Waals surface area contributed by atoms with E-state index in [2.05, 4.69) is 10.5 Å². The molecule has 1 fully saturated rings. The molecule has 0 saturated carbocycles. The quantitative estimate of drug-likeness (QED) is 0.940. The van der Waals surface area contributed by atoms with Crippen LogP contribution in [0.15, 0.2) is 40.9 Å². The summed E-state index contributed by atoms with van der Waals surface area (Å²) in [4.78, 5) is 25.2. The maximum Gasteiger partial charge on any atom is 0.245 e. The van der Waals surface area contributed by atoms with E-state index in [0.717, 1.165) is 18.4 Å². The first-order valence-corrected chi connectivity index (χ1v) is 7.32. The topological polar surface area (TPSA) is 75.4 Å². The van der Waals surface area contributed by atoms with E-state index in [-0.39, 0.29) is 18.4 Å². The summed E-state index contributed by atoms with van der Waals surface area (Å²) in [6.45, 7) is 0.701. The Labute approximate surface area is 128 Å². The van der Waals surface area contributed by atoms with Gasteiger partial charge in [0.1, 0.15) is 0 Å². The lowest BCUT2D eigenvalue weighted by Crippen LogP contribution is -2.40. The van der Waals surface area contributed by atoms with E-state index >= 15 is 0 Å². The summed E-state index contributed by atoms with van der Waals surface area (Å²) in [6, 6.07) is 11.2. The highest BCUT2D eigenvalue weighted by Crippen LogP contribution is 2.21. The summed E-state index contributed by atoms with van der Waals surface area (Å²) in [6.07, 6.45) is 2.37. The van der Waals surface area contributed by atoms with Gasteiger partial charge in [0.15, 0.2) is 11.6 Å². The zero-order valence-electron chi connectivity index (χ0n) is 12.1. The molecule has 1 saturated heterocycles. The minimum Gasteiger partial charge on any atom is -0.354 e. The van der Waals surface area contributed by atoms with Gasteiger partial charge >= 0.3 is 0 Å². The molecule has 0 spiro atoms. The number of hydrogen-bond donors (Lipinski definition) is 1. The number of benzene rings is 1. The highest BCUT2D eigenvalue weighted by Gasteiger charge is 2.21. The van der Waals surface area contributed by atoms with Crippen molar-refractivity contribution in [3.63, 3.8) is 0 Å². The van der Waals surface area contributed by atoms with Crippen molar-refractivity contribution in [3.05, 3.63) is 36.4 Å². The third-order valence-corrected chi connectivity index (χ3v) is 3.59. The molecule has 0 unspecified atom stereocenters. The average molecular weight is 299 g/mol. The van der Waals surface area contributed by atoms with Gasteiger partial charge in [0.05, 0.1) is 6.54 Å². The van der Waals surface area contributed by atoms with E-state index in [4.69, 9.17) is 4.52 Å². The van der Waals surface area contributed by atoms with E-state index in [0.29, 0.717) is 24.5 Å². The normalized spacial score (nSPS) is 14.9. The third-order valence-electron chi connectivity index (χ3n) is 3.59. The number of piperidine rings is 1. The van der Waals surface area contributed by atoms with Crippen molar-refractivity contribution >= 4 is 17.6 Å². The van der Waals surface area contributed by atoms with Crippen LogP contribution in [0, 0.1) is 0 Å². The molecule has 2 heterocycles. The molecule has 6 heteroatoms. The van der Waals surface area contributed by atoms with Crippen LogP contribution in [0.2, 0.25) is 0 Å². The Hall–Kier alpha value is -2.63. The van der Waals surface area contributed by atoms with Gasteiger partial charge in [0.25, 0.3) is 0 Å². The van der Waals surface area contributed by atoms with Gasteiger partial charge in [-0.25, -0.2) is 0 Å². The second-order valence-electron chi connectivity index (χ2n) is 5.26. The number of carbonyl (C=O) groups is 2. The molecule has 22 heavy (non-hydrogen) atoms. The monoisotopic (exact) mass is 299 g/mol. The van der Waals surface area contributed by atoms with Crippen molar-refractivity contribution in [1.29, 1.82) is 0 Å². The summed E-state index contributed by atoms with van der Waals surface area (Å²) in [5.41, 5.74) is 0.890. The number of nitrogens with zero attached hydrogens (tertiary/aromatic N) is 2. The predicted octanol–water partition coefficient (Wildman–Crippen LogP) is 2.29. The molecule has 0 aliphatic carbocycles. The standard InChI is InChI=1S/C16H17N3O3/c20-15(11-19-9-5-4-8-16(19)21)17-14-10-13(22-18-14)12-6-2-1-3-7-12/h1-3,6-7,10H,4-5,8-9,11H2,(H,17,18,20). The Morgan fingerprint density at radius 2 is 2.09 bits per heavy atom. The van der Waals surface area contributed by atoms with E-state index in [1.54, 1.807) is 11.0 Å². The molecule has 1 aromatic heterocycles. The lowest BCUT2D eigenvalue weighted by molar-refractivity contribution is -0.136. The SMILES string of the molecule is O=C(CN1CCCCC1=O)Nc1cc(-c2ccccc2)on1. The van der Waals surface area contributed by atoms with Crippen molar-refractivity contribution in [2.24, 2.45) is 0 Å². The van der Waals surface area contributed by atoms with Crippen LogP contribution in [0.3, 0.4) is 0 Å². The first-order valence-electron chi connectivity index (χ1n) is 7.32. The minimum atomic E-state index is -0.261. The highest BCUT2D eigenvalue weighted by atomic mass is 16.5. The first-order chi connectivity index (χ1) is 10.7. The predicted molar refractivity (Wildman–Crippen MR) is 81.0 cm³/mol. The maximum atomic E-state index is 12.0. The maximum absolute atomic E-state index is 12.0. The number of likely N-dealkylation sites (tertiary alicyclic amines) is 1. The van der Waals surface area contributed by atoms with Gasteiger partial charge < -0.3 is 14.7 Å². The Morgan fingerprint density at radius 1 is 1.27 bits per heavy atom. The number of hydrogen-bond acceptors (Lipinski definition) is 4. The fourth-order valence-electron chi connectivity index (χ4n) is 2.46. The fourth-order valence-corrected chi connectivity index (χ4v) is 2.46. The van der Waals surface area contributed by atoms with Crippen LogP contribution in [0.4, 0.5) is 5.82 Å². The Kier molecular flexibility index (Phi) is 4.18. The molecular formula is C16H17N3O3. The second-order valence-corrected chi connectivity index (χ2v) is 5.26. The lowest BCUT2D eigenvalue weighted by atomic mass is 10.1. The molecule has 1 aromatic carbocycles. The summed E-state index contributed by atoms with van der Waals surface area (Å²) >= 11 is 0. The van der Waals surface area contributed by atoms with Gasteiger partial charge in [-0.3, -0.25) is 9.59 Å². The Morgan fingerprint density at radius 3 is 2.86 bits per heavy atom. The lowest BCUT2D eigenvalue weighted by Gasteiger charge is -2.25. The molecular weight excluding hydrogens is 282 g/mol. The smallest absolute Gasteiger partial charge is 0.245 e. The molecule has 6 nitrogen and oxygen atoms in total. The van der Waals surface area contributed by atoms with Gasteiger partial charge in [0, 0.05) is 24.6 Å².